The molecule has 1 amide bonds. The highest BCUT2D eigenvalue weighted by Crippen LogP contribution is 2.33. The fraction of sp³-hybridized carbons (Fsp3) is 0.278. The van der Waals surface area contributed by atoms with Crippen LogP contribution in [0.3, 0.4) is 0 Å². The van der Waals surface area contributed by atoms with Crippen molar-refractivity contribution in [2.24, 2.45) is 0 Å². The minimum atomic E-state index is -0.555. The molecule has 2 aromatic rings. The number of nitrogens with zero attached hydrogens (tertiary/aromatic N) is 2. The van der Waals surface area contributed by atoms with Crippen LogP contribution < -0.4 is 15.1 Å². The molecule has 0 saturated carbocycles. The normalized spacial score (nSPS) is 15.3. The van der Waals surface area contributed by atoms with Gasteiger partial charge in [0.2, 0.25) is 5.75 Å². The second-order valence-corrected chi connectivity index (χ2v) is 6.82. The summed E-state index contributed by atoms with van der Waals surface area (Å²) in [6.45, 7) is 3.57. The highest BCUT2D eigenvalue weighted by Gasteiger charge is 2.19. The van der Waals surface area contributed by atoms with E-state index in [0.717, 1.165) is 26.2 Å². The maximum Gasteiger partial charge on any atom is 0.313 e. The van der Waals surface area contributed by atoms with Gasteiger partial charge in [-0.1, -0.05) is 11.6 Å². The summed E-state index contributed by atoms with van der Waals surface area (Å²) in [4.78, 5) is 24.4. The van der Waals surface area contributed by atoms with E-state index >= 15 is 0 Å². The third-order valence-corrected chi connectivity index (χ3v) is 4.57. The average molecular weight is 392 g/mol. The Labute approximate surface area is 161 Å². The Morgan fingerprint density at radius 3 is 2.52 bits per heavy atom. The zero-order chi connectivity index (χ0) is 19.4. The lowest BCUT2D eigenvalue weighted by Crippen LogP contribution is -3.12. The van der Waals surface area contributed by atoms with E-state index in [0.29, 0.717) is 11.3 Å². The molecule has 9 heteroatoms. The number of hydrogen-bond donors (Lipinski definition) is 2. The molecule has 0 atom stereocenters. The molecule has 0 radical (unpaired) electrons. The van der Waals surface area contributed by atoms with E-state index in [-0.39, 0.29) is 22.4 Å². The summed E-state index contributed by atoms with van der Waals surface area (Å²) in [5, 5.41) is 13.3. The summed E-state index contributed by atoms with van der Waals surface area (Å²) >= 11 is 5.80. The largest absolute Gasteiger partial charge is 0.450 e. The van der Waals surface area contributed by atoms with Gasteiger partial charge in [0.05, 0.1) is 38.2 Å². The van der Waals surface area contributed by atoms with Gasteiger partial charge in [0.15, 0.2) is 0 Å². The lowest BCUT2D eigenvalue weighted by molar-refractivity contribution is -0.884. The van der Waals surface area contributed by atoms with E-state index in [9.17, 15) is 14.9 Å². The van der Waals surface area contributed by atoms with Crippen molar-refractivity contribution in [2.75, 3.05) is 33.2 Å². The maximum absolute atomic E-state index is 12.3. The average Bonchev–Trinajstić information content (AvgIpc) is 2.65. The van der Waals surface area contributed by atoms with E-state index in [1.165, 1.54) is 23.1 Å². The molecular weight excluding hydrogens is 372 g/mol. The number of piperazine rings is 1. The van der Waals surface area contributed by atoms with Crippen LogP contribution in [0, 0.1) is 10.1 Å². The molecule has 0 aliphatic carbocycles. The van der Waals surface area contributed by atoms with Crippen LogP contribution in [0.2, 0.25) is 5.02 Å². The van der Waals surface area contributed by atoms with Crippen LogP contribution >= 0.6 is 11.6 Å². The molecule has 1 aliphatic heterocycles. The Morgan fingerprint density at radius 2 is 1.89 bits per heavy atom. The lowest BCUT2D eigenvalue weighted by atomic mass is 10.2. The number of carbonyl (C=O) groups is 1. The standard InChI is InChI=1S/C18H19ClN4O4/c1-21-8-10-22(11-9-21)20-18(24)13-2-5-15(6-3-13)27-17-7-4-14(19)12-16(17)23(25)26/h2-7,12H,8-11H2,1H3,(H,20,24)/p+1. The van der Waals surface area contributed by atoms with E-state index < -0.39 is 4.92 Å². The quantitative estimate of drug-likeness (QED) is 0.596. The molecule has 2 aromatic carbocycles. The number of nitro groups is 1. The van der Waals surface area contributed by atoms with Gasteiger partial charge in [-0.25, -0.2) is 5.01 Å². The van der Waals surface area contributed by atoms with Crippen molar-refractivity contribution in [3.05, 3.63) is 63.2 Å². The van der Waals surface area contributed by atoms with Gasteiger partial charge >= 0.3 is 5.69 Å². The first-order valence-electron chi connectivity index (χ1n) is 8.51. The Balaban J connectivity index is 1.65. The number of benzene rings is 2. The van der Waals surface area contributed by atoms with Crippen molar-refractivity contribution in [3.8, 4) is 11.5 Å². The molecule has 0 spiro atoms. The molecule has 142 valence electrons. The summed E-state index contributed by atoms with van der Waals surface area (Å²) < 4.78 is 5.58. The van der Waals surface area contributed by atoms with Gasteiger partial charge in [0, 0.05) is 16.7 Å². The predicted molar refractivity (Wildman–Crippen MR) is 100 cm³/mol. The molecule has 2 N–H and O–H groups in total. The number of hydrogen-bond acceptors (Lipinski definition) is 5. The summed E-state index contributed by atoms with van der Waals surface area (Å²) in [7, 11) is 2.13. The van der Waals surface area contributed by atoms with Gasteiger partial charge in [0.1, 0.15) is 5.75 Å². The Bertz CT molecular complexity index is 836. The maximum atomic E-state index is 12.3. The fourth-order valence-corrected chi connectivity index (χ4v) is 2.90. The number of nitro benzene ring substituents is 1. The third kappa shape index (κ3) is 4.94. The molecular formula is C18H20ClN4O4+. The lowest BCUT2D eigenvalue weighted by Gasteiger charge is -2.30. The summed E-state index contributed by atoms with van der Waals surface area (Å²) in [6, 6.07) is 10.6. The number of nitrogens with one attached hydrogen (secondary N) is 2. The van der Waals surface area contributed by atoms with E-state index in [1.807, 2.05) is 5.01 Å². The Morgan fingerprint density at radius 1 is 1.22 bits per heavy atom. The number of amides is 1. The van der Waals surface area contributed by atoms with Gasteiger partial charge in [-0.15, -0.1) is 0 Å². The van der Waals surface area contributed by atoms with Gasteiger partial charge in [-0.2, -0.15) is 0 Å². The second-order valence-electron chi connectivity index (χ2n) is 6.38. The van der Waals surface area contributed by atoms with Crippen LogP contribution in [0.1, 0.15) is 10.4 Å². The van der Waals surface area contributed by atoms with Crippen molar-refractivity contribution < 1.29 is 19.4 Å². The number of quaternary nitrogens is 1. The van der Waals surface area contributed by atoms with E-state index in [2.05, 4.69) is 12.5 Å². The molecule has 1 heterocycles. The number of ether oxygens (including phenoxy) is 1. The summed E-state index contributed by atoms with van der Waals surface area (Å²) in [5.74, 6) is 0.278. The minimum Gasteiger partial charge on any atom is -0.450 e. The van der Waals surface area contributed by atoms with Crippen LogP contribution in [0.4, 0.5) is 5.69 Å². The van der Waals surface area contributed by atoms with Crippen LogP contribution in [0.15, 0.2) is 42.5 Å². The zero-order valence-corrected chi connectivity index (χ0v) is 15.5. The third-order valence-electron chi connectivity index (χ3n) is 4.34. The van der Waals surface area contributed by atoms with Crippen molar-refractivity contribution in [1.82, 2.24) is 10.4 Å². The second kappa shape index (κ2) is 8.34. The smallest absolute Gasteiger partial charge is 0.313 e. The monoisotopic (exact) mass is 391 g/mol. The highest BCUT2D eigenvalue weighted by atomic mass is 35.5. The topological polar surface area (TPSA) is 89.2 Å². The number of carbonyl (C=O) groups excluding carboxylic acids is 1. The molecule has 1 saturated heterocycles. The van der Waals surface area contributed by atoms with Gasteiger partial charge in [0.25, 0.3) is 5.91 Å². The molecule has 0 aromatic heterocycles. The molecule has 3 rings (SSSR count). The first-order chi connectivity index (χ1) is 12.9. The van der Waals surface area contributed by atoms with Crippen molar-refractivity contribution in [3.63, 3.8) is 0 Å². The van der Waals surface area contributed by atoms with E-state index in [4.69, 9.17) is 16.3 Å². The van der Waals surface area contributed by atoms with Gasteiger partial charge in [-0.3, -0.25) is 20.3 Å². The Kier molecular flexibility index (Phi) is 5.90. The number of halogens is 1. The van der Waals surface area contributed by atoms with Crippen molar-refractivity contribution in [2.45, 2.75) is 0 Å². The van der Waals surface area contributed by atoms with Crippen LogP contribution in [0.5, 0.6) is 11.5 Å². The van der Waals surface area contributed by atoms with Crippen molar-refractivity contribution in [1.29, 1.82) is 0 Å². The first kappa shape index (κ1) is 19.1. The molecule has 0 bridgehead atoms. The SMILES string of the molecule is C[NH+]1CCN(NC(=O)c2ccc(Oc3ccc(Cl)cc3[N+](=O)[O-])cc2)CC1. The minimum absolute atomic E-state index is 0.0848. The molecule has 1 aliphatic rings. The summed E-state index contributed by atoms with van der Waals surface area (Å²) in [5.41, 5.74) is 3.16. The van der Waals surface area contributed by atoms with Crippen LogP contribution in [0.25, 0.3) is 0 Å². The van der Waals surface area contributed by atoms with Crippen molar-refractivity contribution >= 4 is 23.2 Å². The number of likely N-dealkylation sites (N-methyl/N-ethyl adjacent to an activating group) is 1. The first-order valence-corrected chi connectivity index (χ1v) is 8.89. The van der Waals surface area contributed by atoms with E-state index in [1.54, 1.807) is 24.3 Å². The molecule has 8 nitrogen and oxygen atoms in total. The number of rotatable bonds is 5. The van der Waals surface area contributed by atoms with Crippen LogP contribution in [-0.2, 0) is 0 Å². The van der Waals surface area contributed by atoms with Gasteiger partial charge < -0.3 is 9.64 Å². The Hall–Kier alpha value is -2.68. The molecule has 27 heavy (non-hydrogen) atoms. The highest BCUT2D eigenvalue weighted by molar-refractivity contribution is 6.30. The van der Waals surface area contributed by atoms with Gasteiger partial charge in [-0.05, 0) is 36.4 Å². The fourth-order valence-electron chi connectivity index (χ4n) is 2.73. The summed E-state index contributed by atoms with van der Waals surface area (Å²) in [6.07, 6.45) is 0. The predicted octanol–water partition coefficient (Wildman–Crippen LogP) is 1.52. The van der Waals surface area contributed by atoms with Crippen LogP contribution in [-0.4, -0.2) is 49.1 Å². The number of hydrazine groups is 1. The molecule has 0 unspecified atom stereocenters. The molecule has 1 fully saturated rings. The zero-order valence-electron chi connectivity index (χ0n) is 14.8.